The summed E-state index contributed by atoms with van der Waals surface area (Å²) in [5.74, 6) is -1.18. The summed E-state index contributed by atoms with van der Waals surface area (Å²) in [7, 11) is 0. The van der Waals surface area contributed by atoms with Crippen molar-refractivity contribution in [2.45, 2.75) is 19.6 Å². The molecule has 1 aromatic carbocycles. The molecule has 18 heavy (non-hydrogen) atoms. The summed E-state index contributed by atoms with van der Waals surface area (Å²) >= 11 is 0. The van der Waals surface area contributed by atoms with Crippen molar-refractivity contribution < 1.29 is 24.5 Å². The lowest BCUT2D eigenvalue weighted by molar-refractivity contribution is -0.139. The van der Waals surface area contributed by atoms with Crippen LogP contribution < -0.4 is 5.32 Å². The van der Waals surface area contributed by atoms with E-state index in [4.69, 9.17) is 10.2 Å². The zero-order valence-electron chi connectivity index (χ0n) is 9.92. The van der Waals surface area contributed by atoms with E-state index in [9.17, 15) is 9.59 Å². The predicted octanol–water partition coefficient (Wildman–Crippen LogP) is 1.05. The van der Waals surface area contributed by atoms with Gasteiger partial charge in [-0.2, -0.15) is 0 Å². The minimum atomic E-state index is -1.18. The van der Waals surface area contributed by atoms with Crippen molar-refractivity contribution in [2.75, 3.05) is 6.61 Å². The number of ether oxygens (including phenoxy) is 1. The molecule has 1 amide bonds. The molecule has 0 bridgehead atoms. The number of alkyl carbamates (subject to hydrolysis) is 1. The van der Waals surface area contributed by atoms with Crippen LogP contribution in [0.1, 0.15) is 24.1 Å². The molecule has 0 aliphatic rings. The largest absolute Gasteiger partial charge is 0.479 e. The number of aliphatic carboxylic acids is 1. The van der Waals surface area contributed by atoms with Crippen LogP contribution in [0.25, 0.3) is 0 Å². The van der Waals surface area contributed by atoms with E-state index in [0.29, 0.717) is 11.1 Å². The zero-order chi connectivity index (χ0) is 13.5. The number of nitrogens with one attached hydrogen (secondary N) is 1. The molecule has 0 saturated carbocycles. The lowest BCUT2D eigenvalue weighted by atomic mass is 10.1. The second-order valence-corrected chi connectivity index (χ2v) is 3.54. The first kappa shape index (κ1) is 14.0. The Kier molecular flexibility index (Phi) is 5.13. The van der Waals surface area contributed by atoms with E-state index < -0.39 is 18.1 Å². The fourth-order valence-corrected chi connectivity index (χ4v) is 1.39. The minimum absolute atomic E-state index is 0.122. The van der Waals surface area contributed by atoms with Crippen LogP contribution in [0.15, 0.2) is 24.3 Å². The van der Waals surface area contributed by atoms with Crippen molar-refractivity contribution in [1.29, 1.82) is 0 Å². The summed E-state index contributed by atoms with van der Waals surface area (Å²) in [6.45, 7) is 1.68. The Labute approximate surface area is 104 Å². The molecule has 3 N–H and O–H groups in total. The monoisotopic (exact) mass is 253 g/mol. The number of rotatable bonds is 5. The number of hydrogen-bond acceptors (Lipinski definition) is 4. The third kappa shape index (κ3) is 3.74. The second-order valence-electron chi connectivity index (χ2n) is 3.54. The van der Waals surface area contributed by atoms with E-state index >= 15 is 0 Å². The summed E-state index contributed by atoms with van der Waals surface area (Å²) in [6.07, 6.45) is -0.781. The normalized spacial score (nSPS) is 11.7. The van der Waals surface area contributed by atoms with Gasteiger partial charge in [0.15, 0.2) is 6.04 Å². The average Bonchev–Trinajstić information content (AvgIpc) is 2.36. The molecule has 0 heterocycles. The van der Waals surface area contributed by atoms with E-state index in [1.807, 2.05) is 0 Å². The van der Waals surface area contributed by atoms with Crippen LogP contribution in [0.3, 0.4) is 0 Å². The van der Waals surface area contributed by atoms with Gasteiger partial charge >= 0.3 is 12.1 Å². The summed E-state index contributed by atoms with van der Waals surface area (Å²) in [4.78, 5) is 22.3. The van der Waals surface area contributed by atoms with Crippen LogP contribution in [0, 0.1) is 0 Å². The van der Waals surface area contributed by atoms with E-state index in [1.165, 1.54) is 12.1 Å². The van der Waals surface area contributed by atoms with Crippen molar-refractivity contribution in [2.24, 2.45) is 0 Å². The van der Waals surface area contributed by atoms with Gasteiger partial charge < -0.3 is 20.3 Å². The van der Waals surface area contributed by atoms with Crippen molar-refractivity contribution in [1.82, 2.24) is 5.32 Å². The minimum Gasteiger partial charge on any atom is -0.479 e. The van der Waals surface area contributed by atoms with E-state index in [2.05, 4.69) is 10.1 Å². The summed E-state index contributed by atoms with van der Waals surface area (Å²) < 4.78 is 4.64. The maximum atomic E-state index is 11.2. The number of aliphatic hydroxyl groups is 1. The molecule has 0 aromatic heterocycles. The number of carboxylic acids is 1. The SMILES string of the molecule is CCOC(=O)NC(C(=O)O)c1ccc(CO)cc1. The van der Waals surface area contributed by atoms with Gasteiger partial charge in [-0.3, -0.25) is 0 Å². The molecule has 98 valence electrons. The topological polar surface area (TPSA) is 95.9 Å². The van der Waals surface area contributed by atoms with Crippen LogP contribution >= 0.6 is 0 Å². The molecule has 1 aromatic rings. The number of carbonyl (C=O) groups is 2. The van der Waals surface area contributed by atoms with Gasteiger partial charge in [0.2, 0.25) is 0 Å². The second kappa shape index (κ2) is 6.61. The van der Waals surface area contributed by atoms with E-state index in [-0.39, 0.29) is 13.2 Å². The molecule has 0 saturated heterocycles. The van der Waals surface area contributed by atoms with Gasteiger partial charge in [-0.1, -0.05) is 24.3 Å². The van der Waals surface area contributed by atoms with Crippen LogP contribution in [-0.2, 0) is 16.1 Å². The molecule has 0 spiro atoms. The fourth-order valence-electron chi connectivity index (χ4n) is 1.39. The molecule has 0 aliphatic heterocycles. The number of amides is 1. The highest BCUT2D eigenvalue weighted by Crippen LogP contribution is 2.14. The molecule has 0 fully saturated rings. The number of carboxylic acid groups (broad SMARTS) is 1. The zero-order valence-corrected chi connectivity index (χ0v) is 9.92. The summed E-state index contributed by atoms with van der Waals surface area (Å²) in [5, 5.41) is 20.2. The maximum Gasteiger partial charge on any atom is 0.408 e. The van der Waals surface area contributed by atoms with Gasteiger partial charge in [0, 0.05) is 0 Å². The standard InChI is InChI=1S/C12H15NO5/c1-2-18-12(17)13-10(11(15)16)9-5-3-8(7-14)4-6-9/h3-6,10,14H,2,7H2,1H3,(H,13,17)(H,15,16). The lowest BCUT2D eigenvalue weighted by Crippen LogP contribution is -2.34. The fraction of sp³-hybridized carbons (Fsp3) is 0.333. The van der Waals surface area contributed by atoms with Crippen LogP contribution in [0.5, 0.6) is 0 Å². The number of aliphatic hydroxyl groups excluding tert-OH is 1. The first-order valence-electron chi connectivity index (χ1n) is 5.44. The molecule has 1 rings (SSSR count). The van der Waals surface area contributed by atoms with Gasteiger partial charge in [-0.05, 0) is 18.1 Å². The van der Waals surface area contributed by atoms with E-state index in [1.54, 1.807) is 19.1 Å². The van der Waals surface area contributed by atoms with Crippen molar-refractivity contribution in [3.05, 3.63) is 35.4 Å². The van der Waals surface area contributed by atoms with Crippen LogP contribution in [0.4, 0.5) is 4.79 Å². The first-order valence-corrected chi connectivity index (χ1v) is 5.44. The summed E-state index contributed by atoms with van der Waals surface area (Å²) in [6, 6.07) is 5.10. The number of carbonyl (C=O) groups excluding carboxylic acids is 1. The Bertz CT molecular complexity index is 415. The predicted molar refractivity (Wildman–Crippen MR) is 62.9 cm³/mol. The number of hydrogen-bond donors (Lipinski definition) is 3. The maximum absolute atomic E-state index is 11.2. The Hall–Kier alpha value is -2.08. The van der Waals surface area contributed by atoms with Crippen molar-refractivity contribution in [3.8, 4) is 0 Å². The van der Waals surface area contributed by atoms with Crippen molar-refractivity contribution >= 4 is 12.1 Å². The first-order chi connectivity index (χ1) is 8.58. The van der Waals surface area contributed by atoms with Gasteiger partial charge in [0.05, 0.1) is 13.2 Å². The third-order valence-electron chi connectivity index (χ3n) is 2.28. The Balaban J connectivity index is 2.83. The number of benzene rings is 1. The molecular weight excluding hydrogens is 238 g/mol. The average molecular weight is 253 g/mol. The highest BCUT2D eigenvalue weighted by atomic mass is 16.5. The van der Waals surface area contributed by atoms with Gasteiger partial charge in [-0.15, -0.1) is 0 Å². The molecule has 6 nitrogen and oxygen atoms in total. The Morgan fingerprint density at radius 2 is 1.94 bits per heavy atom. The van der Waals surface area contributed by atoms with Gasteiger partial charge in [-0.25, -0.2) is 9.59 Å². The van der Waals surface area contributed by atoms with E-state index in [0.717, 1.165) is 0 Å². The smallest absolute Gasteiger partial charge is 0.408 e. The van der Waals surface area contributed by atoms with Gasteiger partial charge in [0.1, 0.15) is 0 Å². The summed E-state index contributed by atoms with van der Waals surface area (Å²) in [5.41, 5.74) is 1.08. The Morgan fingerprint density at radius 3 is 2.39 bits per heavy atom. The highest BCUT2D eigenvalue weighted by molar-refractivity contribution is 5.81. The van der Waals surface area contributed by atoms with Gasteiger partial charge in [0.25, 0.3) is 0 Å². The molecule has 1 unspecified atom stereocenters. The molecule has 0 aliphatic carbocycles. The quantitative estimate of drug-likeness (QED) is 0.729. The van der Waals surface area contributed by atoms with Crippen molar-refractivity contribution in [3.63, 3.8) is 0 Å². The van der Waals surface area contributed by atoms with Crippen LogP contribution in [0.2, 0.25) is 0 Å². The molecule has 6 heteroatoms. The molecule has 1 atom stereocenters. The Morgan fingerprint density at radius 1 is 1.33 bits per heavy atom. The molecular formula is C12H15NO5. The lowest BCUT2D eigenvalue weighted by Gasteiger charge is -2.14. The highest BCUT2D eigenvalue weighted by Gasteiger charge is 2.22. The molecule has 0 radical (unpaired) electrons. The van der Waals surface area contributed by atoms with Crippen LogP contribution in [-0.4, -0.2) is 28.9 Å². The third-order valence-corrected chi connectivity index (χ3v) is 2.28.